The van der Waals surface area contributed by atoms with Crippen LogP contribution in [0.5, 0.6) is 0 Å². The first kappa shape index (κ1) is 15.1. The molecular formula is C14H15N3O3S. The fourth-order valence-corrected chi connectivity index (χ4v) is 2.58. The van der Waals surface area contributed by atoms with Crippen LogP contribution in [0.25, 0.3) is 0 Å². The Morgan fingerprint density at radius 3 is 2.62 bits per heavy atom. The molecule has 0 saturated heterocycles. The van der Waals surface area contributed by atoms with Gasteiger partial charge in [-0.3, -0.25) is 14.9 Å². The van der Waals surface area contributed by atoms with Crippen LogP contribution in [0, 0.1) is 10.1 Å². The van der Waals surface area contributed by atoms with Crippen LogP contribution in [0.15, 0.2) is 42.5 Å². The molecule has 2 aromatic rings. The molecule has 6 nitrogen and oxygen atoms in total. The summed E-state index contributed by atoms with van der Waals surface area (Å²) in [6, 6.07) is 12.3. The lowest BCUT2D eigenvalue weighted by atomic mass is 10.1. The van der Waals surface area contributed by atoms with E-state index in [0.717, 1.165) is 16.9 Å². The Hall–Kier alpha value is -2.25. The maximum Gasteiger partial charge on any atom is 0.324 e. The van der Waals surface area contributed by atoms with Crippen molar-refractivity contribution in [3.8, 4) is 0 Å². The third-order valence-electron chi connectivity index (χ3n) is 2.96. The number of hydrogen-bond acceptors (Lipinski definition) is 5. The van der Waals surface area contributed by atoms with E-state index in [2.05, 4.69) is 5.32 Å². The predicted molar refractivity (Wildman–Crippen MR) is 81.3 cm³/mol. The number of hydrogen-bond donors (Lipinski definition) is 2. The molecule has 1 amide bonds. The number of carbonyl (C=O) groups excluding carboxylic acids is 1. The van der Waals surface area contributed by atoms with E-state index in [0.29, 0.717) is 17.8 Å². The second-order valence-corrected chi connectivity index (χ2v) is 5.52. The van der Waals surface area contributed by atoms with E-state index < -0.39 is 4.92 Å². The Bertz CT molecular complexity index is 627. The van der Waals surface area contributed by atoms with Gasteiger partial charge in [-0.15, -0.1) is 0 Å². The Morgan fingerprint density at radius 2 is 2.00 bits per heavy atom. The number of amides is 1. The van der Waals surface area contributed by atoms with E-state index >= 15 is 0 Å². The van der Waals surface area contributed by atoms with Gasteiger partial charge < -0.3 is 11.1 Å². The van der Waals surface area contributed by atoms with Gasteiger partial charge in [0.2, 0.25) is 0 Å². The fourth-order valence-electron chi connectivity index (χ4n) is 1.84. The van der Waals surface area contributed by atoms with Crippen LogP contribution in [0.2, 0.25) is 0 Å². The van der Waals surface area contributed by atoms with Gasteiger partial charge >= 0.3 is 5.00 Å². The Morgan fingerprint density at radius 1 is 1.29 bits per heavy atom. The van der Waals surface area contributed by atoms with Crippen molar-refractivity contribution >= 4 is 22.2 Å². The first-order chi connectivity index (χ1) is 10.1. The average molecular weight is 305 g/mol. The molecule has 1 heterocycles. The number of thiophene rings is 1. The first-order valence-corrected chi connectivity index (χ1v) is 7.22. The SMILES string of the molecule is NC(CCNC(=O)c1ccc([N+](=O)[O-])s1)c1ccccc1. The van der Waals surface area contributed by atoms with Crippen LogP contribution in [-0.4, -0.2) is 17.4 Å². The highest BCUT2D eigenvalue weighted by Gasteiger charge is 2.15. The predicted octanol–water partition coefficient (Wildman–Crippen LogP) is 2.48. The summed E-state index contributed by atoms with van der Waals surface area (Å²) in [5, 5.41) is 13.2. The molecule has 1 unspecified atom stereocenters. The largest absolute Gasteiger partial charge is 0.351 e. The molecule has 21 heavy (non-hydrogen) atoms. The maximum absolute atomic E-state index is 11.8. The normalized spacial score (nSPS) is 11.9. The summed E-state index contributed by atoms with van der Waals surface area (Å²) >= 11 is 0.862. The minimum Gasteiger partial charge on any atom is -0.351 e. The van der Waals surface area contributed by atoms with E-state index in [4.69, 9.17) is 5.73 Å². The zero-order chi connectivity index (χ0) is 15.2. The van der Waals surface area contributed by atoms with E-state index in [1.807, 2.05) is 30.3 Å². The third kappa shape index (κ3) is 4.11. The molecule has 0 spiro atoms. The van der Waals surface area contributed by atoms with Crippen LogP contribution < -0.4 is 11.1 Å². The molecule has 0 saturated carbocycles. The lowest BCUT2D eigenvalue weighted by Crippen LogP contribution is -2.26. The Balaban J connectivity index is 1.82. The summed E-state index contributed by atoms with van der Waals surface area (Å²) in [4.78, 5) is 22.2. The molecule has 0 bridgehead atoms. The van der Waals surface area contributed by atoms with Gasteiger partial charge in [-0.2, -0.15) is 0 Å². The van der Waals surface area contributed by atoms with Gasteiger partial charge in [-0.05, 0) is 18.1 Å². The standard InChI is InChI=1S/C14H15N3O3S/c15-11(10-4-2-1-3-5-10)8-9-16-14(18)12-6-7-13(21-12)17(19)20/h1-7,11H,8-9,15H2,(H,16,18). The summed E-state index contributed by atoms with van der Waals surface area (Å²) in [7, 11) is 0. The molecule has 0 aliphatic rings. The van der Waals surface area contributed by atoms with Crippen molar-refractivity contribution in [1.82, 2.24) is 5.32 Å². The fraction of sp³-hybridized carbons (Fsp3) is 0.214. The molecule has 0 aliphatic carbocycles. The highest BCUT2D eigenvalue weighted by atomic mass is 32.1. The third-order valence-corrected chi connectivity index (χ3v) is 4.00. The minimum atomic E-state index is -0.507. The summed E-state index contributed by atoms with van der Waals surface area (Å²) in [6.07, 6.45) is 0.600. The molecule has 1 aromatic heterocycles. The van der Waals surface area contributed by atoms with Gasteiger partial charge in [0, 0.05) is 18.7 Å². The monoisotopic (exact) mass is 305 g/mol. The topological polar surface area (TPSA) is 98.3 Å². The summed E-state index contributed by atoms with van der Waals surface area (Å²) in [5.74, 6) is -0.312. The smallest absolute Gasteiger partial charge is 0.324 e. The number of rotatable bonds is 6. The van der Waals surface area contributed by atoms with Gasteiger partial charge in [0.05, 0.1) is 9.80 Å². The Labute approximate surface area is 125 Å². The second kappa shape index (κ2) is 6.96. The van der Waals surface area contributed by atoms with E-state index in [9.17, 15) is 14.9 Å². The van der Waals surface area contributed by atoms with Gasteiger partial charge in [-0.25, -0.2) is 0 Å². The Kier molecular flexibility index (Phi) is 5.02. The highest BCUT2D eigenvalue weighted by Crippen LogP contribution is 2.23. The lowest BCUT2D eigenvalue weighted by Gasteiger charge is -2.12. The van der Waals surface area contributed by atoms with Crippen LogP contribution >= 0.6 is 11.3 Å². The van der Waals surface area contributed by atoms with Crippen molar-refractivity contribution in [2.24, 2.45) is 5.73 Å². The van der Waals surface area contributed by atoms with Crippen molar-refractivity contribution in [3.05, 3.63) is 63.0 Å². The van der Waals surface area contributed by atoms with Gasteiger partial charge in [0.15, 0.2) is 0 Å². The molecule has 110 valence electrons. The number of nitro groups is 1. The van der Waals surface area contributed by atoms with Crippen molar-refractivity contribution in [2.75, 3.05) is 6.54 Å². The van der Waals surface area contributed by atoms with Gasteiger partial charge in [0.1, 0.15) is 0 Å². The minimum absolute atomic E-state index is 0.0406. The van der Waals surface area contributed by atoms with Crippen LogP contribution in [-0.2, 0) is 0 Å². The number of benzene rings is 1. The molecule has 1 atom stereocenters. The molecular weight excluding hydrogens is 290 g/mol. The number of nitrogens with two attached hydrogens (primary N) is 1. The van der Waals surface area contributed by atoms with Crippen molar-refractivity contribution in [3.63, 3.8) is 0 Å². The molecule has 0 fully saturated rings. The second-order valence-electron chi connectivity index (χ2n) is 4.46. The van der Waals surface area contributed by atoms with Gasteiger partial charge in [-0.1, -0.05) is 41.7 Å². The molecule has 1 aromatic carbocycles. The van der Waals surface area contributed by atoms with Gasteiger partial charge in [0.25, 0.3) is 5.91 Å². The lowest BCUT2D eigenvalue weighted by molar-refractivity contribution is -0.380. The summed E-state index contributed by atoms with van der Waals surface area (Å²) < 4.78 is 0. The van der Waals surface area contributed by atoms with Crippen LogP contribution in [0.1, 0.15) is 27.7 Å². The van der Waals surface area contributed by atoms with E-state index in [-0.39, 0.29) is 17.0 Å². The number of nitrogens with one attached hydrogen (secondary N) is 1. The van der Waals surface area contributed by atoms with Crippen molar-refractivity contribution in [1.29, 1.82) is 0 Å². The summed E-state index contributed by atoms with van der Waals surface area (Å²) in [5.41, 5.74) is 7.04. The van der Waals surface area contributed by atoms with E-state index in [1.165, 1.54) is 12.1 Å². The zero-order valence-electron chi connectivity index (χ0n) is 11.2. The zero-order valence-corrected chi connectivity index (χ0v) is 12.0. The highest BCUT2D eigenvalue weighted by molar-refractivity contribution is 7.17. The van der Waals surface area contributed by atoms with E-state index in [1.54, 1.807) is 0 Å². The van der Waals surface area contributed by atoms with Crippen molar-refractivity contribution < 1.29 is 9.72 Å². The average Bonchev–Trinajstić information content (AvgIpc) is 2.98. The first-order valence-electron chi connectivity index (χ1n) is 6.41. The van der Waals surface area contributed by atoms with Crippen molar-refractivity contribution in [2.45, 2.75) is 12.5 Å². The molecule has 7 heteroatoms. The molecule has 2 rings (SSSR count). The number of nitrogens with zero attached hydrogens (tertiary/aromatic N) is 1. The molecule has 0 radical (unpaired) electrons. The quantitative estimate of drug-likeness (QED) is 0.632. The van der Waals surface area contributed by atoms with Crippen LogP contribution in [0.3, 0.4) is 0 Å². The molecule has 0 aliphatic heterocycles. The maximum atomic E-state index is 11.8. The summed E-state index contributed by atoms with van der Waals surface area (Å²) in [6.45, 7) is 0.417. The molecule has 3 N–H and O–H groups in total. The van der Waals surface area contributed by atoms with Crippen LogP contribution in [0.4, 0.5) is 5.00 Å². The number of carbonyl (C=O) groups is 1.